The number of nitrogens with zero attached hydrogens (tertiary/aromatic N) is 1. The van der Waals surface area contributed by atoms with Crippen LogP contribution in [-0.2, 0) is 0 Å². The average Bonchev–Trinajstić information content (AvgIpc) is 2.81. The van der Waals surface area contributed by atoms with Crippen LogP contribution in [0.2, 0.25) is 0 Å². The van der Waals surface area contributed by atoms with E-state index in [9.17, 15) is 0 Å². The highest BCUT2D eigenvalue weighted by Crippen LogP contribution is 2.32. The summed E-state index contributed by atoms with van der Waals surface area (Å²) >= 11 is 3.52. The minimum atomic E-state index is 0.0753. The molecule has 1 aromatic rings. The van der Waals surface area contributed by atoms with E-state index in [0.717, 1.165) is 4.47 Å². The molecule has 2 rings (SSSR count). The standard InChI is InChI=1S/C14H21BrN2/c1-10(16)13-9-11(15)7-8-14(13)17(2)12-5-3-4-6-12/h7-10,12H,3-6,16H2,1-2H3. The largest absolute Gasteiger partial charge is 0.371 e. The van der Waals surface area contributed by atoms with Gasteiger partial charge in [0.05, 0.1) is 0 Å². The van der Waals surface area contributed by atoms with Crippen LogP contribution in [0.5, 0.6) is 0 Å². The van der Waals surface area contributed by atoms with Crippen molar-refractivity contribution in [1.82, 2.24) is 0 Å². The third-order valence-electron chi connectivity index (χ3n) is 3.73. The predicted octanol–water partition coefficient (Wildman–Crippen LogP) is 3.85. The molecule has 2 nitrogen and oxygen atoms in total. The van der Waals surface area contributed by atoms with Crippen LogP contribution < -0.4 is 10.6 Å². The second-order valence-electron chi connectivity index (χ2n) is 5.04. The summed E-state index contributed by atoms with van der Waals surface area (Å²) < 4.78 is 1.10. The van der Waals surface area contributed by atoms with E-state index in [4.69, 9.17) is 5.73 Å². The molecule has 3 heteroatoms. The van der Waals surface area contributed by atoms with E-state index in [-0.39, 0.29) is 6.04 Å². The maximum atomic E-state index is 6.07. The lowest BCUT2D eigenvalue weighted by Crippen LogP contribution is -2.30. The van der Waals surface area contributed by atoms with E-state index in [0.29, 0.717) is 6.04 Å². The van der Waals surface area contributed by atoms with E-state index < -0.39 is 0 Å². The average molecular weight is 297 g/mol. The van der Waals surface area contributed by atoms with Gasteiger partial charge < -0.3 is 10.6 Å². The Morgan fingerprint density at radius 1 is 1.35 bits per heavy atom. The zero-order valence-electron chi connectivity index (χ0n) is 10.6. The quantitative estimate of drug-likeness (QED) is 0.918. The number of rotatable bonds is 3. The summed E-state index contributed by atoms with van der Waals surface area (Å²) in [5, 5.41) is 0. The number of halogens is 1. The van der Waals surface area contributed by atoms with Gasteiger partial charge in [-0.1, -0.05) is 28.8 Å². The van der Waals surface area contributed by atoms with E-state index >= 15 is 0 Å². The Morgan fingerprint density at radius 3 is 2.59 bits per heavy atom. The van der Waals surface area contributed by atoms with Gasteiger partial charge in [-0.05, 0) is 43.5 Å². The fraction of sp³-hybridized carbons (Fsp3) is 0.571. The summed E-state index contributed by atoms with van der Waals surface area (Å²) in [6.07, 6.45) is 5.34. The summed E-state index contributed by atoms with van der Waals surface area (Å²) in [7, 11) is 2.20. The number of hydrogen-bond acceptors (Lipinski definition) is 2. The molecule has 1 saturated carbocycles. The summed E-state index contributed by atoms with van der Waals surface area (Å²) in [5.74, 6) is 0. The van der Waals surface area contributed by atoms with Crippen LogP contribution in [-0.4, -0.2) is 13.1 Å². The SMILES string of the molecule is CC(N)c1cc(Br)ccc1N(C)C1CCCC1. The lowest BCUT2D eigenvalue weighted by Gasteiger charge is -2.29. The van der Waals surface area contributed by atoms with Crippen LogP contribution in [0, 0.1) is 0 Å². The fourth-order valence-corrected chi connectivity index (χ4v) is 3.08. The molecule has 0 aliphatic heterocycles. The summed E-state index contributed by atoms with van der Waals surface area (Å²) in [4.78, 5) is 2.41. The van der Waals surface area contributed by atoms with Crippen molar-refractivity contribution in [1.29, 1.82) is 0 Å². The minimum Gasteiger partial charge on any atom is -0.371 e. The van der Waals surface area contributed by atoms with E-state index in [2.05, 4.69) is 46.1 Å². The highest BCUT2D eigenvalue weighted by molar-refractivity contribution is 9.10. The van der Waals surface area contributed by atoms with Gasteiger partial charge in [0.1, 0.15) is 0 Å². The molecule has 1 aliphatic rings. The Kier molecular flexibility index (Phi) is 4.10. The van der Waals surface area contributed by atoms with Crippen molar-refractivity contribution >= 4 is 21.6 Å². The van der Waals surface area contributed by atoms with E-state index in [1.807, 2.05) is 6.92 Å². The normalized spacial score (nSPS) is 18.4. The molecular formula is C14H21BrN2. The molecule has 0 saturated heterocycles. The molecule has 0 amide bonds. The monoisotopic (exact) mass is 296 g/mol. The molecule has 1 aliphatic carbocycles. The molecule has 2 N–H and O–H groups in total. The topological polar surface area (TPSA) is 29.3 Å². The van der Waals surface area contributed by atoms with Crippen LogP contribution in [0.3, 0.4) is 0 Å². The first-order valence-corrected chi connectivity index (χ1v) is 7.16. The van der Waals surface area contributed by atoms with Crippen molar-refractivity contribution in [2.24, 2.45) is 5.73 Å². The first-order valence-electron chi connectivity index (χ1n) is 6.37. The molecule has 0 radical (unpaired) electrons. The first-order chi connectivity index (χ1) is 8.09. The summed E-state index contributed by atoms with van der Waals surface area (Å²) in [6, 6.07) is 7.19. The minimum absolute atomic E-state index is 0.0753. The molecular weight excluding hydrogens is 276 g/mol. The number of anilines is 1. The van der Waals surface area contributed by atoms with Crippen LogP contribution in [0.15, 0.2) is 22.7 Å². The number of nitrogens with two attached hydrogens (primary N) is 1. The Bertz CT molecular complexity index is 384. The summed E-state index contributed by atoms with van der Waals surface area (Å²) in [5.41, 5.74) is 8.59. The Balaban J connectivity index is 2.29. The molecule has 0 spiro atoms. The summed E-state index contributed by atoms with van der Waals surface area (Å²) in [6.45, 7) is 2.05. The predicted molar refractivity (Wildman–Crippen MR) is 77.4 cm³/mol. The maximum absolute atomic E-state index is 6.07. The van der Waals surface area contributed by atoms with Crippen molar-refractivity contribution < 1.29 is 0 Å². The van der Waals surface area contributed by atoms with Gasteiger partial charge in [0, 0.05) is 29.3 Å². The van der Waals surface area contributed by atoms with Crippen molar-refractivity contribution in [3.8, 4) is 0 Å². The second-order valence-corrected chi connectivity index (χ2v) is 5.96. The molecule has 1 atom stereocenters. The van der Waals surface area contributed by atoms with E-state index in [1.54, 1.807) is 0 Å². The Hall–Kier alpha value is -0.540. The maximum Gasteiger partial charge on any atom is 0.0415 e. The molecule has 1 fully saturated rings. The van der Waals surface area contributed by atoms with Gasteiger partial charge in [0.2, 0.25) is 0 Å². The van der Waals surface area contributed by atoms with Crippen molar-refractivity contribution in [2.75, 3.05) is 11.9 Å². The smallest absolute Gasteiger partial charge is 0.0415 e. The van der Waals surface area contributed by atoms with Gasteiger partial charge in [0.25, 0.3) is 0 Å². The third kappa shape index (κ3) is 2.83. The molecule has 1 unspecified atom stereocenters. The van der Waals surface area contributed by atoms with Crippen LogP contribution >= 0.6 is 15.9 Å². The molecule has 94 valence electrons. The van der Waals surface area contributed by atoms with Crippen LogP contribution in [0.4, 0.5) is 5.69 Å². The van der Waals surface area contributed by atoms with Gasteiger partial charge >= 0.3 is 0 Å². The molecule has 17 heavy (non-hydrogen) atoms. The first kappa shape index (κ1) is 12.9. The van der Waals surface area contributed by atoms with Gasteiger partial charge in [-0.25, -0.2) is 0 Å². The van der Waals surface area contributed by atoms with Gasteiger partial charge in [-0.15, -0.1) is 0 Å². The highest BCUT2D eigenvalue weighted by atomic mass is 79.9. The molecule has 0 heterocycles. The lowest BCUT2D eigenvalue weighted by atomic mass is 10.0. The van der Waals surface area contributed by atoms with Gasteiger partial charge in [-0.3, -0.25) is 0 Å². The van der Waals surface area contributed by atoms with Gasteiger partial charge in [0.15, 0.2) is 0 Å². The Labute approximate surface area is 112 Å². The molecule has 1 aromatic carbocycles. The number of benzene rings is 1. The lowest BCUT2D eigenvalue weighted by molar-refractivity contribution is 0.647. The van der Waals surface area contributed by atoms with Crippen molar-refractivity contribution in [2.45, 2.75) is 44.7 Å². The van der Waals surface area contributed by atoms with Crippen molar-refractivity contribution in [3.63, 3.8) is 0 Å². The molecule has 0 bridgehead atoms. The highest BCUT2D eigenvalue weighted by Gasteiger charge is 2.22. The number of hydrogen-bond donors (Lipinski definition) is 1. The Morgan fingerprint density at radius 2 is 2.00 bits per heavy atom. The zero-order valence-corrected chi connectivity index (χ0v) is 12.2. The van der Waals surface area contributed by atoms with Crippen LogP contribution in [0.25, 0.3) is 0 Å². The second kappa shape index (κ2) is 5.40. The molecule has 0 aromatic heterocycles. The van der Waals surface area contributed by atoms with E-state index in [1.165, 1.54) is 36.9 Å². The van der Waals surface area contributed by atoms with Crippen LogP contribution in [0.1, 0.15) is 44.2 Å². The third-order valence-corrected chi connectivity index (χ3v) is 4.23. The van der Waals surface area contributed by atoms with Gasteiger partial charge in [-0.2, -0.15) is 0 Å². The zero-order chi connectivity index (χ0) is 12.4. The van der Waals surface area contributed by atoms with Crippen molar-refractivity contribution in [3.05, 3.63) is 28.2 Å². The fourth-order valence-electron chi connectivity index (χ4n) is 2.70.